The average Bonchev–Trinajstić information content (AvgIpc) is 2.30. The number of hydrogen-bond donors (Lipinski definition) is 1. The SMILES string of the molecule is CCc1nc(CO)c(Cl)s1. The molecule has 0 unspecified atom stereocenters. The van der Waals surface area contributed by atoms with Crippen LogP contribution in [0.1, 0.15) is 17.6 Å². The Labute approximate surface area is 68.5 Å². The van der Waals surface area contributed by atoms with E-state index in [0.717, 1.165) is 11.4 Å². The molecule has 1 rings (SSSR count). The highest BCUT2D eigenvalue weighted by molar-refractivity contribution is 7.16. The molecule has 0 aliphatic carbocycles. The maximum Gasteiger partial charge on any atom is 0.119 e. The number of rotatable bonds is 2. The first-order chi connectivity index (χ1) is 4.77. The molecule has 1 aromatic heterocycles. The summed E-state index contributed by atoms with van der Waals surface area (Å²) in [5.74, 6) is 0. The Bertz CT molecular complexity index is 224. The smallest absolute Gasteiger partial charge is 0.119 e. The highest BCUT2D eigenvalue weighted by Crippen LogP contribution is 2.24. The molecule has 0 fully saturated rings. The highest BCUT2D eigenvalue weighted by atomic mass is 35.5. The minimum atomic E-state index is -0.0602. The maximum atomic E-state index is 8.69. The van der Waals surface area contributed by atoms with E-state index in [1.54, 1.807) is 0 Å². The van der Waals surface area contributed by atoms with Crippen molar-refractivity contribution in [1.82, 2.24) is 4.98 Å². The van der Waals surface area contributed by atoms with E-state index in [-0.39, 0.29) is 6.61 Å². The molecule has 0 saturated heterocycles. The fourth-order valence-electron chi connectivity index (χ4n) is 0.628. The van der Waals surface area contributed by atoms with Crippen molar-refractivity contribution in [2.75, 3.05) is 0 Å². The molecule has 0 saturated carbocycles. The van der Waals surface area contributed by atoms with Gasteiger partial charge in [0.1, 0.15) is 4.34 Å². The van der Waals surface area contributed by atoms with Crippen molar-refractivity contribution in [3.63, 3.8) is 0 Å². The summed E-state index contributed by atoms with van der Waals surface area (Å²) < 4.78 is 0.611. The molecular formula is C6H8ClNOS. The van der Waals surface area contributed by atoms with Gasteiger partial charge >= 0.3 is 0 Å². The third-order valence-electron chi connectivity index (χ3n) is 1.15. The molecule has 0 bridgehead atoms. The van der Waals surface area contributed by atoms with Crippen molar-refractivity contribution >= 4 is 22.9 Å². The predicted molar refractivity (Wildman–Crippen MR) is 42.4 cm³/mol. The largest absolute Gasteiger partial charge is 0.390 e. The van der Waals surface area contributed by atoms with Gasteiger partial charge in [0.2, 0.25) is 0 Å². The molecule has 0 radical (unpaired) electrons. The number of nitrogens with zero attached hydrogens (tertiary/aromatic N) is 1. The third-order valence-corrected chi connectivity index (χ3v) is 2.63. The fraction of sp³-hybridized carbons (Fsp3) is 0.500. The van der Waals surface area contributed by atoms with Gasteiger partial charge in [-0.1, -0.05) is 18.5 Å². The number of thiazole rings is 1. The molecule has 1 heterocycles. The Morgan fingerprint density at radius 2 is 2.40 bits per heavy atom. The Balaban J connectivity index is 2.92. The summed E-state index contributed by atoms with van der Waals surface area (Å²) in [4.78, 5) is 4.08. The van der Waals surface area contributed by atoms with Crippen LogP contribution < -0.4 is 0 Å². The summed E-state index contributed by atoms with van der Waals surface area (Å²) in [6, 6.07) is 0. The van der Waals surface area contributed by atoms with Crippen LogP contribution in [0, 0.1) is 0 Å². The molecule has 0 atom stereocenters. The van der Waals surface area contributed by atoms with Crippen molar-refractivity contribution in [2.24, 2.45) is 0 Å². The monoisotopic (exact) mass is 177 g/mol. The lowest BCUT2D eigenvalue weighted by molar-refractivity contribution is 0.277. The zero-order valence-electron chi connectivity index (χ0n) is 5.59. The number of hydrogen-bond acceptors (Lipinski definition) is 3. The van der Waals surface area contributed by atoms with Gasteiger partial charge in [-0.15, -0.1) is 11.3 Å². The van der Waals surface area contributed by atoms with E-state index in [2.05, 4.69) is 4.98 Å². The van der Waals surface area contributed by atoms with Gasteiger partial charge in [0, 0.05) is 0 Å². The standard InChI is InChI=1S/C6H8ClNOS/c1-2-5-8-4(3-9)6(7)10-5/h9H,2-3H2,1H3. The van der Waals surface area contributed by atoms with Crippen LogP contribution in [-0.2, 0) is 13.0 Å². The van der Waals surface area contributed by atoms with Crippen molar-refractivity contribution in [2.45, 2.75) is 20.0 Å². The Kier molecular flexibility index (Phi) is 2.65. The minimum absolute atomic E-state index is 0.0602. The average molecular weight is 178 g/mol. The zero-order chi connectivity index (χ0) is 7.56. The number of halogens is 1. The lowest BCUT2D eigenvalue weighted by Gasteiger charge is -1.84. The van der Waals surface area contributed by atoms with E-state index in [9.17, 15) is 0 Å². The second kappa shape index (κ2) is 3.32. The molecule has 2 nitrogen and oxygen atoms in total. The highest BCUT2D eigenvalue weighted by Gasteiger charge is 2.05. The van der Waals surface area contributed by atoms with E-state index < -0.39 is 0 Å². The topological polar surface area (TPSA) is 33.1 Å². The van der Waals surface area contributed by atoms with Crippen molar-refractivity contribution in [1.29, 1.82) is 0 Å². The van der Waals surface area contributed by atoms with Crippen LogP contribution in [-0.4, -0.2) is 10.1 Å². The van der Waals surface area contributed by atoms with Crippen molar-refractivity contribution in [3.8, 4) is 0 Å². The summed E-state index contributed by atoms with van der Waals surface area (Å²) in [5.41, 5.74) is 0.600. The van der Waals surface area contributed by atoms with Crippen LogP contribution in [0.15, 0.2) is 0 Å². The lowest BCUT2D eigenvalue weighted by Crippen LogP contribution is -1.84. The van der Waals surface area contributed by atoms with Gasteiger partial charge < -0.3 is 5.11 Å². The Hall–Kier alpha value is -0.120. The maximum absolute atomic E-state index is 8.69. The third kappa shape index (κ3) is 1.48. The summed E-state index contributed by atoms with van der Waals surface area (Å²) in [7, 11) is 0. The number of aromatic nitrogens is 1. The van der Waals surface area contributed by atoms with Gasteiger partial charge in [-0.05, 0) is 6.42 Å². The predicted octanol–water partition coefficient (Wildman–Crippen LogP) is 1.85. The molecule has 0 aromatic carbocycles. The van der Waals surface area contributed by atoms with Crippen molar-refractivity contribution in [3.05, 3.63) is 15.0 Å². The minimum Gasteiger partial charge on any atom is -0.390 e. The fourth-order valence-corrected chi connectivity index (χ4v) is 1.73. The second-order valence-electron chi connectivity index (χ2n) is 1.84. The summed E-state index contributed by atoms with van der Waals surface area (Å²) in [6.45, 7) is 1.95. The van der Waals surface area contributed by atoms with E-state index >= 15 is 0 Å². The van der Waals surface area contributed by atoms with Crippen LogP contribution in [0.2, 0.25) is 4.34 Å². The van der Waals surface area contributed by atoms with Gasteiger partial charge in [0.05, 0.1) is 17.3 Å². The number of aryl methyl sites for hydroxylation is 1. The van der Waals surface area contributed by atoms with Gasteiger partial charge in [0.25, 0.3) is 0 Å². The molecule has 56 valence electrons. The van der Waals surface area contributed by atoms with Gasteiger partial charge in [-0.3, -0.25) is 0 Å². The molecule has 1 N–H and O–H groups in total. The zero-order valence-corrected chi connectivity index (χ0v) is 7.17. The molecule has 0 amide bonds. The number of aliphatic hydroxyl groups is 1. The molecular weight excluding hydrogens is 170 g/mol. The summed E-state index contributed by atoms with van der Waals surface area (Å²) in [5, 5.41) is 9.67. The lowest BCUT2D eigenvalue weighted by atomic mass is 10.5. The van der Waals surface area contributed by atoms with Crippen LogP contribution in [0.25, 0.3) is 0 Å². The van der Waals surface area contributed by atoms with Gasteiger partial charge in [0.15, 0.2) is 0 Å². The first-order valence-electron chi connectivity index (χ1n) is 3.02. The van der Waals surface area contributed by atoms with Crippen molar-refractivity contribution < 1.29 is 5.11 Å². The first-order valence-corrected chi connectivity index (χ1v) is 4.22. The molecule has 0 aliphatic heterocycles. The normalized spacial score (nSPS) is 10.3. The van der Waals surface area contributed by atoms with Crippen LogP contribution >= 0.6 is 22.9 Å². The van der Waals surface area contributed by atoms with E-state index in [4.69, 9.17) is 16.7 Å². The molecule has 0 aliphatic rings. The van der Waals surface area contributed by atoms with Gasteiger partial charge in [-0.2, -0.15) is 0 Å². The molecule has 1 aromatic rings. The summed E-state index contributed by atoms with van der Waals surface area (Å²) in [6.07, 6.45) is 0.879. The quantitative estimate of drug-likeness (QED) is 0.748. The Morgan fingerprint density at radius 3 is 2.70 bits per heavy atom. The first kappa shape index (κ1) is 7.98. The van der Waals surface area contributed by atoms with Crippen LogP contribution in [0.3, 0.4) is 0 Å². The summed E-state index contributed by atoms with van der Waals surface area (Å²) >= 11 is 7.15. The molecule has 4 heteroatoms. The Morgan fingerprint density at radius 1 is 1.70 bits per heavy atom. The molecule has 10 heavy (non-hydrogen) atoms. The van der Waals surface area contributed by atoms with Crippen LogP contribution in [0.4, 0.5) is 0 Å². The van der Waals surface area contributed by atoms with Gasteiger partial charge in [-0.25, -0.2) is 4.98 Å². The van der Waals surface area contributed by atoms with E-state index in [0.29, 0.717) is 10.0 Å². The number of aliphatic hydroxyl groups excluding tert-OH is 1. The molecule has 0 spiro atoms. The second-order valence-corrected chi connectivity index (χ2v) is 3.53. The van der Waals surface area contributed by atoms with E-state index in [1.807, 2.05) is 6.92 Å². The van der Waals surface area contributed by atoms with Crippen LogP contribution in [0.5, 0.6) is 0 Å². The van der Waals surface area contributed by atoms with E-state index in [1.165, 1.54) is 11.3 Å².